The van der Waals surface area contributed by atoms with Crippen molar-refractivity contribution in [1.82, 2.24) is 5.32 Å². The van der Waals surface area contributed by atoms with Crippen LogP contribution >= 0.6 is 15.9 Å². The average Bonchev–Trinajstić information content (AvgIpc) is 2.29. The van der Waals surface area contributed by atoms with Gasteiger partial charge in [0.05, 0.1) is 14.2 Å². The highest BCUT2D eigenvalue weighted by molar-refractivity contribution is 9.10. The topological polar surface area (TPSA) is 30.5 Å². The highest BCUT2D eigenvalue weighted by atomic mass is 79.9. The summed E-state index contributed by atoms with van der Waals surface area (Å²) in [5, 5.41) is 2.24. The summed E-state index contributed by atoms with van der Waals surface area (Å²) in [4.78, 5) is 0. The van der Waals surface area contributed by atoms with Gasteiger partial charge >= 0.3 is 6.18 Å². The van der Waals surface area contributed by atoms with Crippen LogP contribution in [0.5, 0.6) is 11.5 Å². The lowest BCUT2D eigenvalue weighted by Crippen LogP contribution is -2.31. The van der Waals surface area contributed by atoms with Gasteiger partial charge in [0, 0.05) is 4.47 Å². The number of ether oxygens (including phenoxy) is 2. The number of rotatable bonds is 4. The SMILES string of the molecule is CNC(c1cc(OC)c(OC)cc1Br)C(F)(F)F. The Kier molecular flexibility index (Phi) is 4.86. The van der Waals surface area contributed by atoms with Crippen LogP contribution in [0.1, 0.15) is 11.6 Å². The molecule has 0 radical (unpaired) electrons. The minimum atomic E-state index is -4.39. The molecule has 102 valence electrons. The summed E-state index contributed by atoms with van der Waals surface area (Å²) in [7, 11) is 4.04. The van der Waals surface area contributed by atoms with Crippen LogP contribution in [0.4, 0.5) is 13.2 Å². The molecule has 1 aromatic carbocycles. The van der Waals surface area contributed by atoms with E-state index in [9.17, 15) is 13.2 Å². The van der Waals surface area contributed by atoms with Crippen LogP contribution in [-0.4, -0.2) is 27.4 Å². The van der Waals surface area contributed by atoms with Crippen LogP contribution < -0.4 is 14.8 Å². The Morgan fingerprint density at radius 1 is 1.17 bits per heavy atom. The lowest BCUT2D eigenvalue weighted by atomic mass is 10.1. The van der Waals surface area contributed by atoms with E-state index in [1.165, 1.54) is 33.4 Å². The molecule has 1 unspecified atom stereocenters. The molecule has 0 saturated heterocycles. The van der Waals surface area contributed by atoms with Crippen molar-refractivity contribution in [1.29, 1.82) is 0 Å². The van der Waals surface area contributed by atoms with Crippen LogP contribution in [0, 0.1) is 0 Å². The van der Waals surface area contributed by atoms with E-state index in [1.807, 2.05) is 0 Å². The molecule has 0 aliphatic carbocycles. The summed E-state index contributed by atoms with van der Waals surface area (Å²) >= 11 is 3.11. The second-order valence-electron chi connectivity index (χ2n) is 3.49. The van der Waals surface area contributed by atoms with Crippen LogP contribution in [0.15, 0.2) is 16.6 Å². The fraction of sp³-hybridized carbons (Fsp3) is 0.455. The van der Waals surface area contributed by atoms with Crippen molar-refractivity contribution in [3.8, 4) is 11.5 Å². The third-order valence-corrected chi connectivity index (χ3v) is 3.12. The second kappa shape index (κ2) is 5.79. The van der Waals surface area contributed by atoms with Gasteiger partial charge in [-0.05, 0) is 24.7 Å². The Morgan fingerprint density at radius 3 is 2.06 bits per heavy atom. The first kappa shape index (κ1) is 15.1. The molecule has 18 heavy (non-hydrogen) atoms. The maximum atomic E-state index is 12.8. The lowest BCUT2D eigenvalue weighted by molar-refractivity contribution is -0.156. The maximum Gasteiger partial charge on any atom is 0.407 e. The third kappa shape index (κ3) is 3.08. The Morgan fingerprint density at radius 2 is 1.67 bits per heavy atom. The zero-order valence-corrected chi connectivity index (χ0v) is 11.6. The standard InChI is InChI=1S/C11H13BrF3NO2/c1-16-10(11(13,14)15)6-4-8(17-2)9(18-3)5-7(6)12/h4-5,10,16H,1-3H3. The summed E-state index contributed by atoms with van der Waals surface area (Å²) < 4.78 is 48.9. The average molecular weight is 328 g/mol. The predicted octanol–water partition coefficient (Wildman–Crippen LogP) is 3.29. The quantitative estimate of drug-likeness (QED) is 0.920. The van der Waals surface area contributed by atoms with Crippen molar-refractivity contribution in [3.63, 3.8) is 0 Å². The molecule has 0 spiro atoms. The fourth-order valence-corrected chi connectivity index (χ4v) is 2.14. The van der Waals surface area contributed by atoms with E-state index >= 15 is 0 Å². The smallest absolute Gasteiger partial charge is 0.407 e. The molecule has 0 aliphatic rings. The van der Waals surface area contributed by atoms with Gasteiger partial charge in [0.2, 0.25) is 0 Å². The van der Waals surface area contributed by atoms with Crippen molar-refractivity contribution >= 4 is 15.9 Å². The number of hydrogen-bond donors (Lipinski definition) is 1. The Hall–Kier alpha value is -0.950. The van der Waals surface area contributed by atoms with Crippen LogP contribution in [0.3, 0.4) is 0 Å². The summed E-state index contributed by atoms with van der Waals surface area (Å²) in [5.74, 6) is 0.616. The Labute approximate surface area is 111 Å². The molecule has 1 atom stereocenters. The predicted molar refractivity (Wildman–Crippen MR) is 65.1 cm³/mol. The fourth-order valence-electron chi connectivity index (χ4n) is 1.59. The number of benzene rings is 1. The monoisotopic (exact) mass is 327 g/mol. The van der Waals surface area contributed by atoms with Gasteiger partial charge in [0.15, 0.2) is 11.5 Å². The van der Waals surface area contributed by atoms with Gasteiger partial charge in [-0.1, -0.05) is 15.9 Å². The number of hydrogen-bond acceptors (Lipinski definition) is 3. The number of halogens is 4. The third-order valence-electron chi connectivity index (χ3n) is 2.43. The molecule has 7 heteroatoms. The molecule has 3 nitrogen and oxygen atoms in total. The Balaban J connectivity index is 3.32. The largest absolute Gasteiger partial charge is 0.493 e. The molecule has 1 aromatic rings. The molecular weight excluding hydrogens is 315 g/mol. The molecule has 0 bridgehead atoms. The van der Waals surface area contributed by atoms with E-state index < -0.39 is 12.2 Å². The molecule has 0 saturated carbocycles. The van der Waals surface area contributed by atoms with E-state index in [0.29, 0.717) is 10.2 Å². The second-order valence-corrected chi connectivity index (χ2v) is 4.35. The van der Waals surface area contributed by atoms with Crippen molar-refractivity contribution in [2.75, 3.05) is 21.3 Å². The summed E-state index contributed by atoms with van der Waals surface area (Å²) in [6, 6.07) is 0.980. The van der Waals surface area contributed by atoms with E-state index in [-0.39, 0.29) is 11.3 Å². The number of nitrogens with one attached hydrogen (secondary N) is 1. The van der Waals surface area contributed by atoms with Gasteiger partial charge in [-0.15, -0.1) is 0 Å². The van der Waals surface area contributed by atoms with Crippen molar-refractivity contribution in [3.05, 3.63) is 22.2 Å². The highest BCUT2D eigenvalue weighted by Gasteiger charge is 2.41. The van der Waals surface area contributed by atoms with Gasteiger partial charge in [-0.3, -0.25) is 0 Å². The number of methoxy groups -OCH3 is 2. The van der Waals surface area contributed by atoms with Crippen LogP contribution in [0.2, 0.25) is 0 Å². The minimum absolute atomic E-state index is 0.0441. The van der Waals surface area contributed by atoms with E-state index in [2.05, 4.69) is 21.2 Å². The first-order chi connectivity index (χ1) is 8.35. The van der Waals surface area contributed by atoms with E-state index in [4.69, 9.17) is 9.47 Å². The van der Waals surface area contributed by atoms with Gasteiger partial charge in [-0.25, -0.2) is 0 Å². The van der Waals surface area contributed by atoms with Crippen LogP contribution in [-0.2, 0) is 0 Å². The minimum Gasteiger partial charge on any atom is -0.493 e. The van der Waals surface area contributed by atoms with E-state index in [1.54, 1.807) is 0 Å². The van der Waals surface area contributed by atoms with Gasteiger partial charge < -0.3 is 14.8 Å². The van der Waals surface area contributed by atoms with E-state index in [0.717, 1.165) is 0 Å². The molecule has 1 rings (SSSR count). The van der Waals surface area contributed by atoms with Gasteiger partial charge in [-0.2, -0.15) is 13.2 Å². The Bertz CT molecular complexity index is 423. The lowest BCUT2D eigenvalue weighted by Gasteiger charge is -2.22. The molecule has 1 N–H and O–H groups in total. The summed E-state index contributed by atoms with van der Waals surface area (Å²) in [6.45, 7) is 0. The zero-order chi connectivity index (χ0) is 13.9. The molecule has 0 fully saturated rings. The van der Waals surface area contributed by atoms with Crippen LogP contribution in [0.25, 0.3) is 0 Å². The summed E-state index contributed by atoms with van der Waals surface area (Å²) in [5.41, 5.74) is 0.0441. The molecule has 0 aromatic heterocycles. The first-order valence-electron chi connectivity index (χ1n) is 5.00. The molecule has 0 heterocycles. The van der Waals surface area contributed by atoms with Crippen molar-refractivity contribution in [2.24, 2.45) is 0 Å². The first-order valence-corrected chi connectivity index (χ1v) is 5.79. The highest BCUT2D eigenvalue weighted by Crippen LogP contribution is 2.41. The zero-order valence-electron chi connectivity index (χ0n) is 10.1. The molecular formula is C11H13BrF3NO2. The normalized spacial score (nSPS) is 13.3. The molecule has 0 amide bonds. The van der Waals surface area contributed by atoms with Gasteiger partial charge in [0.1, 0.15) is 6.04 Å². The maximum absolute atomic E-state index is 12.8. The summed E-state index contributed by atoms with van der Waals surface area (Å²) in [6.07, 6.45) is -4.39. The van der Waals surface area contributed by atoms with Gasteiger partial charge in [0.25, 0.3) is 0 Å². The number of alkyl halides is 3. The molecule has 0 aliphatic heterocycles. The van der Waals surface area contributed by atoms with Crippen molar-refractivity contribution in [2.45, 2.75) is 12.2 Å². The van der Waals surface area contributed by atoms with Crippen molar-refractivity contribution < 1.29 is 22.6 Å².